The molecule has 0 saturated carbocycles. The topological polar surface area (TPSA) is 6.48 Å². The van der Waals surface area contributed by atoms with Crippen LogP contribution in [0.3, 0.4) is 0 Å². The second-order valence-electron chi connectivity index (χ2n) is 10.7. The molecule has 2 nitrogen and oxygen atoms in total. The minimum Gasteiger partial charge on any atom is -0.318 e. The van der Waals surface area contributed by atoms with Crippen LogP contribution in [-0.2, 0) is 26.2 Å². The number of rotatable bonds is 8. The molecule has 0 radical (unpaired) electrons. The largest absolute Gasteiger partial charge is 2.00 e. The molecule has 0 amide bonds. The van der Waals surface area contributed by atoms with E-state index in [1.165, 1.54) is 10.4 Å². The van der Waals surface area contributed by atoms with Gasteiger partial charge >= 0.3 is 26.2 Å². The van der Waals surface area contributed by atoms with Gasteiger partial charge in [-0.05, 0) is 24.2 Å². The molecule has 0 saturated heterocycles. The summed E-state index contributed by atoms with van der Waals surface area (Å²) in [5.74, 6) is 0. The Labute approximate surface area is 249 Å². The normalized spacial score (nSPS) is 15.5. The first-order chi connectivity index (χ1) is 13.7. The summed E-state index contributed by atoms with van der Waals surface area (Å²) >= 11 is 0. The zero-order valence-corrected chi connectivity index (χ0v) is 31.1. The van der Waals surface area contributed by atoms with E-state index in [4.69, 9.17) is 0 Å². The van der Waals surface area contributed by atoms with E-state index in [9.17, 15) is 0 Å². The maximum Gasteiger partial charge on any atom is 2.00 e. The summed E-state index contributed by atoms with van der Waals surface area (Å²) in [6, 6.07) is 2.48. The summed E-state index contributed by atoms with van der Waals surface area (Å²) < 4.78 is 5.37. The average Bonchev–Trinajstić information content (AvgIpc) is 3.28. The number of hydrogen-bond donors (Lipinski definition) is 0. The molecule has 0 aromatic carbocycles. The quantitative estimate of drug-likeness (QED) is 0.186. The fraction of sp³-hybridized carbons (Fsp3) is 0.692. The number of allylic oxidation sites excluding steroid dienone is 8. The first-order valence-electron chi connectivity index (χ1n) is 11.9. The third-order valence-corrected chi connectivity index (χ3v) is 14.2. The Balaban J connectivity index is -0.000000500. The van der Waals surface area contributed by atoms with Crippen molar-refractivity contribution in [3.63, 3.8) is 0 Å². The van der Waals surface area contributed by atoms with Crippen molar-refractivity contribution in [3.05, 3.63) is 46.8 Å². The van der Waals surface area contributed by atoms with Crippen LogP contribution < -0.4 is 0 Å². The average molecular weight is 698 g/mol. The van der Waals surface area contributed by atoms with Gasteiger partial charge in [0.25, 0.3) is 0 Å². The first kappa shape index (κ1) is 38.7. The maximum absolute atomic E-state index is 3.51. The molecule has 0 aromatic rings. The minimum atomic E-state index is -1.47. The van der Waals surface area contributed by atoms with Crippen LogP contribution in [0, 0.1) is 12.2 Å². The molecule has 0 atom stereocenters. The maximum atomic E-state index is 3.51. The zero-order valence-electron chi connectivity index (χ0n) is 23.2. The van der Waals surface area contributed by atoms with Crippen LogP contribution in [0.2, 0.25) is 26.2 Å². The van der Waals surface area contributed by atoms with Gasteiger partial charge in [-0.1, -0.05) is 81.6 Å². The number of nitrogens with zero attached hydrogens (tertiary/aromatic N) is 2. The van der Waals surface area contributed by atoms with E-state index in [1.807, 2.05) is 0 Å². The Kier molecular flexibility index (Phi) is 19.7. The van der Waals surface area contributed by atoms with Crippen molar-refractivity contribution in [2.45, 2.75) is 119 Å². The van der Waals surface area contributed by atoms with E-state index in [0.717, 1.165) is 12.8 Å². The molecule has 0 bridgehead atoms. The van der Waals surface area contributed by atoms with E-state index < -0.39 is 16.5 Å². The molecule has 2 rings (SSSR count). The summed E-state index contributed by atoms with van der Waals surface area (Å²) in [5, 5.41) is 2.95. The molecule has 0 aromatic heterocycles. The molecule has 0 fully saturated rings. The van der Waals surface area contributed by atoms with Crippen LogP contribution in [0.1, 0.15) is 68.2 Å². The predicted molar refractivity (Wildman–Crippen MR) is 161 cm³/mol. The molecule has 7 heteroatoms. The van der Waals surface area contributed by atoms with E-state index in [0.29, 0.717) is 24.2 Å². The van der Waals surface area contributed by atoms with Crippen LogP contribution in [0.15, 0.2) is 34.7 Å². The van der Waals surface area contributed by atoms with Crippen LogP contribution in [0.4, 0.5) is 0 Å². The molecule has 190 valence electrons. The van der Waals surface area contributed by atoms with Crippen molar-refractivity contribution in [1.82, 2.24) is 9.13 Å². The standard InChI is InChI=1S/2C13H24NSi.2BrH.Zr/c2*1-11(2)14(12(3)4)15(5,6)13-9-7-8-10-13;;;/h2*7,9,11-12H,8H2,1-6H3;2*1H;/q2*-1;;;+2. The molecule has 0 heterocycles. The van der Waals surface area contributed by atoms with Crippen LogP contribution in [0.25, 0.3) is 0 Å². The van der Waals surface area contributed by atoms with Crippen molar-refractivity contribution in [1.29, 1.82) is 0 Å². The summed E-state index contributed by atoms with van der Waals surface area (Å²) in [5.41, 5.74) is 0. The third-order valence-electron chi connectivity index (χ3n) is 6.22. The summed E-state index contributed by atoms with van der Waals surface area (Å²) in [7, 11) is -2.95. The third kappa shape index (κ3) is 10.6. The Morgan fingerprint density at radius 1 is 0.606 bits per heavy atom. The molecule has 33 heavy (non-hydrogen) atoms. The minimum absolute atomic E-state index is 0. The van der Waals surface area contributed by atoms with Crippen molar-refractivity contribution < 1.29 is 26.2 Å². The Morgan fingerprint density at radius 3 is 1.00 bits per heavy atom. The van der Waals surface area contributed by atoms with Crippen molar-refractivity contribution in [3.8, 4) is 0 Å². The van der Waals surface area contributed by atoms with Crippen LogP contribution in [-0.4, -0.2) is 49.8 Å². The molecule has 0 unspecified atom stereocenters. The van der Waals surface area contributed by atoms with Gasteiger partial charge in [0, 0.05) is 0 Å². The monoisotopic (exact) mass is 694 g/mol. The molecule has 2 aliphatic carbocycles. The number of hydrogen-bond acceptors (Lipinski definition) is 2. The van der Waals surface area contributed by atoms with Gasteiger partial charge in [-0.3, -0.25) is 12.2 Å². The molecule has 0 N–H and O–H groups in total. The SMILES string of the molecule is Br.Br.CC(C)N(C(C)C)[Si](C)(C)C1=[C-]CC=C1.CC(C)N(C(C)C)[Si](C)(C)C1=[C-]CC=C1.[Zr+2]. The van der Waals surface area contributed by atoms with Crippen molar-refractivity contribution >= 4 is 50.4 Å². The van der Waals surface area contributed by atoms with E-state index in [2.05, 4.69) is 127 Å². The summed E-state index contributed by atoms with van der Waals surface area (Å²) in [6.07, 6.45) is 18.1. The van der Waals surface area contributed by atoms with E-state index in [1.54, 1.807) is 0 Å². The van der Waals surface area contributed by atoms with Gasteiger partial charge < -0.3 is 9.13 Å². The van der Waals surface area contributed by atoms with E-state index >= 15 is 0 Å². The van der Waals surface area contributed by atoms with Gasteiger partial charge in [0.15, 0.2) is 0 Å². The molecule has 0 aliphatic heterocycles. The van der Waals surface area contributed by atoms with E-state index in [-0.39, 0.29) is 60.2 Å². The summed E-state index contributed by atoms with van der Waals surface area (Å²) in [4.78, 5) is 0. The second-order valence-corrected chi connectivity index (χ2v) is 19.0. The van der Waals surface area contributed by atoms with Gasteiger partial charge in [-0.25, -0.2) is 22.5 Å². The predicted octanol–water partition coefficient (Wildman–Crippen LogP) is 8.23. The number of halogens is 2. The fourth-order valence-electron chi connectivity index (χ4n) is 5.70. The first-order valence-corrected chi connectivity index (χ1v) is 17.8. The van der Waals surface area contributed by atoms with Crippen molar-refractivity contribution in [2.75, 3.05) is 0 Å². The Hall–Kier alpha value is 1.16. The van der Waals surface area contributed by atoms with Gasteiger partial charge in [0.2, 0.25) is 0 Å². The fourth-order valence-corrected chi connectivity index (χ4v) is 13.5. The molecule has 2 aliphatic rings. The molecular weight excluding hydrogens is 648 g/mol. The molecule has 0 spiro atoms. The van der Waals surface area contributed by atoms with Crippen LogP contribution in [0.5, 0.6) is 0 Å². The van der Waals surface area contributed by atoms with Gasteiger partial charge in [0.1, 0.15) is 16.5 Å². The Bertz CT molecular complexity index is 608. The molecular formula is C26H50Br2N2Si2Zr. The second kappa shape index (κ2) is 16.8. The van der Waals surface area contributed by atoms with Gasteiger partial charge in [-0.2, -0.15) is 12.2 Å². The zero-order chi connectivity index (χ0) is 23.3. The van der Waals surface area contributed by atoms with Gasteiger partial charge in [-0.15, -0.1) is 46.8 Å². The Morgan fingerprint density at radius 2 is 0.848 bits per heavy atom. The smallest absolute Gasteiger partial charge is 0.318 e. The van der Waals surface area contributed by atoms with Crippen molar-refractivity contribution in [2.24, 2.45) is 0 Å². The van der Waals surface area contributed by atoms with Crippen LogP contribution >= 0.6 is 34.0 Å². The van der Waals surface area contributed by atoms with Gasteiger partial charge in [0.05, 0.1) is 0 Å². The summed E-state index contributed by atoms with van der Waals surface area (Å²) in [6.45, 7) is 28.1.